The van der Waals surface area contributed by atoms with E-state index in [0.29, 0.717) is 44.9 Å². The second kappa shape index (κ2) is 7.78. The largest absolute Gasteiger partial charge is 0.872 e. The number of allylic oxidation sites excluding steroid dienone is 1. The highest BCUT2D eigenvalue weighted by Crippen LogP contribution is 2.38. The molecule has 4 nitrogen and oxygen atoms in total. The molecule has 2 aliphatic heterocycles. The molecule has 0 spiro atoms. The van der Waals surface area contributed by atoms with E-state index in [0.717, 1.165) is 19.5 Å². The maximum Gasteiger partial charge on any atom is 0.231 e. The topological polar surface area (TPSA) is 53.8 Å². The molecule has 1 saturated heterocycles. The Labute approximate surface area is 174 Å². The number of carbonyl (C=O) groups excluding carboxylic acids is 1. The molecule has 2 aromatic rings. The summed E-state index contributed by atoms with van der Waals surface area (Å²) in [5.41, 5.74) is 1.66. The first-order chi connectivity index (χ1) is 13.4. The van der Waals surface area contributed by atoms with Crippen LogP contribution in [-0.2, 0) is 6.54 Å². The van der Waals surface area contributed by atoms with Gasteiger partial charge in [-0.1, -0.05) is 48.0 Å². The molecule has 0 amide bonds. The van der Waals surface area contributed by atoms with Gasteiger partial charge < -0.3 is 14.7 Å². The van der Waals surface area contributed by atoms with Crippen LogP contribution in [0.25, 0.3) is 6.08 Å². The van der Waals surface area contributed by atoms with E-state index in [4.69, 9.17) is 27.9 Å². The molecule has 0 saturated carbocycles. The molecule has 0 aliphatic carbocycles. The van der Waals surface area contributed by atoms with Crippen molar-refractivity contribution < 1.29 is 19.5 Å². The van der Waals surface area contributed by atoms with Crippen LogP contribution in [0.1, 0.15) is 41.3 Å². The van der Waals surface area contributed by atoms with E-state index in [1.54, 1.807) is 30.3 Å². The lowest BCUT2D eigenvalue weighted by atomic mass is 9.99. The summed E-state index contributed by atoms with van der Waals surface area (Å²) >= 11 is 12.2. The summed E-state index contributed by atoms with van der Waals surface area (Å²) in [6, 6.07) is 8.08. The molecule has 2 unspecified atom stereocenters. The van der Waals surface area contributed by atoms with Crippen molar-refractivity contribution in [3.05, 3.63) is 62.8 Å². The first-order valence-corrected chi connectivity index (χ1v) is 10.2. The average molecular weight is 418 g/mol. The van der Waals surface area contributed by atoms with Crippen LogP contribution in [0.2, 0.25) is 10.0 Å². The zero-order valence-corrected chi connectivity index (χ0v) is 17.1. The van der Waals surface area contributed by atoms with Gasteiger partial charge in [0.25, 0.3) is 0 Å². The van der Waals surface area contributed by atoms with Crippen molar-refractivity contribution in [3.8, 4) is 11.5 Å². The number of carbonyl (C=O) groups is 1. The molecule has 2 aliphatic rings. The molecule has 2 aromatic carbocycles. The van der Waals surface area contributed by atoms with Gasteiger partial charge in [-0.05, 0) is 42.7 Å². The SMILES string of the molecule is CC1CCC[NH+](Cc2c([O-])ccc3c2O/C(=C\c2ccc(Cl)cc2Cl)C3=O)C1. The van der Waals surface area contributed by atoms with E-state index in [2.05, 4.69) is 6.92 Å². The van der Waals surface area contributed by atoms with Crippen LogP contribution in [0.15, 0.2) is 36.1 Å². The molecule has 2 heterocycles. The number of likely N-dealkylation sites (tertiary alicyclic amines) is 1. The Morgan fingerprint density at radius 3 is 2.86 bits per heavy atom. The predicted octanol–water partition coefficient (Wildman–Crippen LogP) is 3.50. The van der Waals surface area contributed by atoms with Crippen molar-refractivity contribution in [1.82, 2.24) is 0 Å². The van der Waals surface area contributed by atoms with Gasteiger partial charge in [0.2, 0.25) is 5.78 Å². The van der Waals surface area contributed by atoms with E-state index in [-0.39, 0.29) is 17.3 Å². The van der Waals surface area contributed by atoms with E-state index in [1.807, 2.05) is 0 Å². The summed E-state index contributed by atoms with van der Waals surface area (Å²) in [6.45, 7) is 4.88. The maximum atomic E-state index is 12.8. The second-order valence-electron chi connectivity index (χ2n) is 7.65. The monoisotopic (exact) mass is 417 g/mol. The molecule has 0 bridgehead atoms. The van der Waals surface area contributed by atoms with Crippen LogP contribution in [0, 0.1) is 5.92 Å². The number of ketones is 1. The molecular formula is C22H21Cl2NO3. The van der Waals surface area contributed by atoms with Gasteiger partial charge in [0, 0.05) is 21.5 Å². The second-order valence-corrected chi connectivity index (χ2v) is 8.50. The van der Waals surface area contributed by atoms with Crippen LogP contribution < -0.4 is 14.7 Å². The van der Waals surface area contributed by atoms with Crippen molar-refractivity contribution in [2.75, 3.05) is 13.1 Å². The van der Waals surface area contributed by atoms with Crippen molar-refractivity contribution >= 4 is 35.1 Å². The number of ether oxygens (including phenoxy) is 1. The third kappa shape index (κ3) is 3.77. The third-order valence-corrected chi connectivity index (χ3v) is 6.00. The Morgan fingerprint density at radius 2 is 2.11 bits per heavy atom. The number of piperidine rings is 1. The lowest BCUT2D eigenvalue weighted by molar-refractivity contribution is -0.922. The smallest absolute Gasteiger partial charge is 0.231 e. The molecule has 28 heavy (non-hydrogen) atoms. The summed E-state index contributed by atoms with van der Waals surface area (Å²) in [7, 11) is 0. The highest BCUT2D eigenvalue weighted by molar-refractivity contribution is 6.35. The summed E-state index contributed by atoms with van der Waals surface area (Å²) < 4.78 is 5.90. The number of nitrogens with one attached hydrogen (secondary N) is 1. The van der Waals surface area contributed by atoms with Gasteiger partial charge >= 0.3 is 0 Å². The fourth-order valence-corrected chi connectivity index (χ4v) is 4.49. The van der Waals surface area contributed by atoms with Gasteiger partial charge in [0.1, 0.15) is 12.3 Å². The minimum Gasteiger partial charge on any atom is -0.872 e. The molecule has 0 aromatic heterocycles. The number of rotatable bonds is 3. The fourth-order valence-electron chi connectivity index (χ4n) is 4.02. The predicted molar refractivity (Wildman–Crippen MR) is 108 cm³/mol. The average Bonchev–Trinajstić information content (AvgIpc) is 2.96. The summed E-state index contributed by atoms with van der Waals surface area (Å²) in [4.78, 5) is 14.2. The molecule has 0 radical (unpaired) electrons. The Kier molecular flexibility index (Phi) is 5.37. The van der Waals surface area contributed by atoms with E-state index in [1.165, 1.54) is 17.4 Å². The minimum absolute atomic E-state index is 0.0805. The van der Waals surface area contributed by atoms with Gasteiger partial charge in [-0.25, -0.2) is 0 Å². The van der Waals surface area contributed by atoms with Crippen LogP contribution >= 0.6 is 23.2 Å². The van der Waals surface area contributed by atoms with Crippen molar-refractivity contribution in [3.63, 3.8) is 0 Å². The third-order valence-electron chi connectivity index (χ3n) is 5.44. The number of quaternary nitrogens is 1. The Bertz CT molecular complexity index is 970. The highest BCUT2D eigenvalue weighted by atomic mass is 35.5. The number of benzene rings is 2. The van der Waals surface area contributed by atoms with Crippen LogP contribution in [0.3, 0.4) is 0 Å². The maximum absolute atomic E-state index is 12.8. The summed E-state index contributed by atoms with van der Waals surface area (Å²) in [5.74, 6) is 0.903. The van der Waals surface area contributed by atoms with Gasteiger partial charge in [0.05, 0.1) is 18.7 Å². The standard InChI is InChI=1S/C22H21Cl2NO3/c1-13-3-2-8-25(11-13)12-17-19(26)7-6-16-21(27)20(28-22(16)17)9-14-4-5-15(23)10-18(14)24/h4-7,9-10,13,26H,2-3,8,11-12H2,1H3/b20-9-. The van der Waals surface area contributed by atoms with Gasteiger partial charge in [-0.3, -0.25) is 4.79 Å². The zero-order valence-electron chi connectivity index (χ0n) is 15.6. The number of halogens is 2. The first kappa shape index (κ1) is 19.3. The van der Waals surface area contributed by atoms with Crippen molar-refractivity contribution in [1.29, 1.82) is 0 Å². The Morgan fingerprint density at radius 1 is 1.29 bits per heavy atom. The summed E-state index contributed by atoms with van der Waals surface area (Å²) in [5, 5.41) is 13.5. The molecule has 2 atom stereocenters. The first-order valence-electron chi connectivity index (χ1n) is 9.48. The lowest BCUT2D eigenvalue weighted by Gasteiger charge is -2.29. The van der Waals surface area contributed by atoms with Crippen molar-refractivity contribution in [2.24, 2.45) is 5.92 Å². The van der Waals surface area contributed by atoms with Crippen LogP contribution in [-0.4, -0.2) is 18.9 Å². The molecule has 1 N–H and O–H groups in total. The quantitative estimate of drug-likeness (QED) is 0.777. The van der Waals surface area contributed by atoms with E-state index < -0.39 is 0 Å². The van der Waals surface area contributed by atoms with E-state index >= 15 is 0 Å². The molecular weight excluding hydrogens is 397 g/mol. The molecule has 6 heteroatoms. The Balaban J connectivity index is 1.65. The normalized spacial score (nSPS) is 23.0. The fraction of sp³-hybridized carbons (Fsp3) is 0.318. The minimum atomic E-state index is -0.232. The number of Topliss-reactive ketones (excluding diaryl/α,β-unsaturated/α-hetero) is 1. The number of fused-ring (bicyclic) bond motifs is 1. The van der Waals surface area contributed by atoms with Crippen LogP contribution in [0.5, 0.6) is 11.5 Å². The van der Waals surface area contributed by atoms with Gasteiger partial charge in [0.15, 0.2) is 5.76 Å². The highest BCUT2D eigenvalue weighted by Gasteiger charge is 2.32. The van der Waals surface area contributed by atoms with Gasteiger partial charge in [-0.2, -0.15) is 0 Å². The number of hydrogen-bond acceptors (Lipinski definition) is 3. The zero-order chi connectivity index (χ0) is 19.8. The molecule has 4 rings (SSSR count). The van der Waals surface area contributed by atoms with Gasteiger partial charge in [-0.15, -0.1) is 0 Å². The van der Waals surface area contributed by atoms with Crippen molar-refractivity contribution in [2.45, 2.75) is 26.3 Å². The summed E-state index contributed by atoms with van der Waals surface area (Å²) in [6.07, 6.45) is 3.98. The number of hydrogen-bond donors (Lipinski definition) is 1. The molecule has 146 valence electrons. The lowest BCUT2D eigenvalue weighted by Crippen LogP contribution is -3.12. The Hall–Kier alpha value is -2.01. The molecule has 1 fully saturated rings. The van der Waals surface area contributed by atoms with Crippen LogP contribution in [0.4, 0.5) is 0 Å². The van der Waals surface area contributed by atoms with E-state index in [9.17, 15) is 9.90 Å².